The Hall–Kier alpha value is -5.15. The molecular weight excluding hydrogens is 1020 g/mol. The van der Waals surface area contributed by atoms with Crippen molar-refractivity contribution in [2.45, 2.75) is 195 Å². The van der Waals surface area contributed by atoms with E-state index in [4.69, 9.17) is 14.2 Å². The van der Waals surface area contributed by atoms with Crippen LogP contribution in [0.15, 0.2) is 185 Å². The van der Waals surface area contributed by atoms with Crippen LogP contribution >= 0.6 is 47.0 Å². The van der Waals surface area contributed by atoms with Gasteiger partial charge in [-0.05, 0) is 141 Å². The Morgan fingerprint density at radius 1 is 0.408 bits per heavy atom. The molecule has 7 aromatic heterocycles. The minimum atomic E-state index is -0.158. The number of nitrogens with zero attached hydrogens (tertiary/aromatic N) is 7. The highest BCUT2D eigenvalue weighted by molar-refractivity contribution is 8.01. The topological polar surface area (TPSA) is 118 Å². The summed E-state index contributed by atoms with van der Waals surface area (Å²) in [7, 11) is 0. The zero-order valence-electron chi connectivity index (χ0n) is 49.2. The zero-order valence-corrected chi connectivity index (χ0v) is 52.5. The summed E-state index contributed by atoms with van der Waals surface area (Å²) < 4.78 is 17.2. The van der Waals surface area contributed by atoms with Crippen LogP contribution in [-0.2, 0) is 0 Å². The van der Waals surface area contributed by atoms with Crippen LogP contribution in [0.5, 0.6) is 17.4 Å². The molecule has 0 N–H and O–H groups in total. The number of aryl methyl sites for hydroxylation is 1. The minimum Gasteiger partial charge on any atom is -0.491 e. The number of pyridine rings is 7. The van der Waals surface area contributed by atoms with Gasteiger partial charge in [0.15, 0.2) is 0 Å². The molecule has 0 radical (unpaired) electrons. The fraction of sp³-hybridized carbons (Fsp3) is 0.435. The third-order valence-corrected chi connectivity index (χ3v) is 12.0. The van der Waals surface area contributed by atoms with Crippen molar-refractivity contribution >= 4 is 47.0 Å². The van der Waals surface area contributed by atoms with Crippen LogP contribution in [0.1, 0.15) is 137 Å². The van der Waals surface area contributed by atoms with Gasteiger partial charge in [0.2, 0.25) is 5.88 Å². The van der Waals surface area contributed by atoms with Gasteiger partial charge >= 0.3 is 0 Å². The first-order chi connectivity index (χ1) is 35.4. The van der Waals surface area contributed by atoms with E-state index < -0.39 is 0 Å². The standard InChI is InChI=1S/C10H15NS.2C9H13NO.2C9H13NS.C8H11NO.C8H11NS/c1-8-6-5-7-11-9(8)12-10(2,3)4;1-9(2,3)11-8-5-4-6-10-7-8;1-9(2,3)11-8-6-4-5-7-10-8;1-9(2,3)11-8-4-6-10-7-5-8;1-9(2,3)11-8-6-4-5-7-10-8;1-7(2)10-8-3-5-9-6-4-8;1-7(2)10-8-4-3-5-9-6-8/h5-7H,1-4H3;4*4-7H,1-3H3;2*3-7H,1-2H3. The van der Waals surface area contributed by atoms with Crippen molar-refractivity contribution in [3.05, 3.63) is 171 Å². The van der Waals surface area contributed by atoms with Crippen molar-refractivity contribution in [1.82, 2.24) is 34.9 Å². The van der Waals surface area contributed by atoms with E-state index in [1.54, 1.807) is 48.9 Å². The first kappa shape index (κ1) is 68.9. The molecule has 0 amide bonds. The molecule has 0 aromatic carbocycles. The Kier molecular flexibility index (Phi) is 32.7. The van der Waals surface area contributed by atoms with Gasteiger partial charge in [0, 0.05) is 97.3 Å². The van der Waals surface area contributed by atoms with Crippen LogP contribution in [0.25, 0.3) is 0 Å². The summed E-state index contributed by atoms with van der Waals surface area (Å²) in [6, 6.07) is 31.3. The lowest BCUT2D eigenvalue weighted by molar-refractivity contribution is 0.124. The van der Waals surface area contributed by atoms with Crippen LogP contribution < -0.4 is 14.2 Å². The van der Waals surface area contributed by atoms with Gasteiger partial charge in [-0.1, -0.05) is 94.4 Å². The molecule has 0 saturated heterocycles. The van der Waals surface area contributed by atoms with Crippen LogP contribution in [0.2, 0.25) is 0 Å². The van der Waals surface area contributed by atoms with Crippen LogP contribution in [0.4, 0.5) is 0 Å². The molecule has 0 atom stereocenters. The van der Waals surface area contributed by atoms with Crippen molar-refractivity contribution in [3.63, 3.8) is 0 Å². The number of hydrogen-bond donors (Lipinski definition) is 0. The summed E-state index contributed by atoms with van der Waals surface area (Å²) in [5, 5.41) is 2.88. The number of ether oxygens (including phenoxy) is 3. The smallest absolute Gasteiger partial charge is 0.213 e. The second kappa shape index (κ2) is 36.0. The molecule has 0 aliphatic rings. The van der Waals surface area contributed by atoms with E-state index in [-0.39, 0.29) is 26.8 Å². The van der Waals surface area contributed by atoms with E-state index in [0.717, 1.165) is 21.6 Å². The number of aromatic nitrogens is 7. The van der Waals surface area contributed by atoms with Crippen molar-refractivity contribution in [3.8, 4) is 17.4 Å². The Morgan fingerprint density at radius 2 is 0.921 bits per heavy atom. The lowest BCUT2D eigenvalue weighted by Crippen LogP contribution is -2.23. The average molecular weight is 1110 g/mol. The summed E-state index contributed by atoms with van der Waals surface area (Å²) in [4.78, 5) is 30.9. The molecule has 10 nitrogen and oxygen atoms in total. The predicted molar refractivity (Wildman–Crippen MR) is 329 cm³/mol. The third-order valence-electron chi connectivity index (χ3n) is 7.62. The average Bonchev–Trinajstić information content (AvgIpc) is 3.30. The number of rotatable bonds is 9. The number of thioether (sulfide) groups is 4. The quantitative estimate of drug-likeness (QED) is 0.128. The monoisotopic (exact) mass is 1110 g/mol. The second-order valence-corrected chi connectivity index (χ2v) is 29.3. The Labute approximate surface area is 476 Å². The normalized spacial score (nSPS) is 11.1. The lowest BCUT2D eigenvalue weighted by atomic mass is 10.2. The Balaban J connectivity index is 0.000000444. The lowest BCUT2D eigenvalue weighted by Gasteiger charge is -2.20. The highest BCUT2D eigenvalue weighted by Gasteiger charge is 2.15. The van der Waals surface area contributed by atoms with E-state index in [9.17, 15) is 0 Å². The van der Waals surface area contributed by atoms with Gasteiger partial charge < -0.3 is 14.2 Å². The SMILES string of the molecule is CC(C)(C)Oc1ccccn1.CC(C)(C)Oc1cccnc1.CC(C)(C)Sc1ccccn1.CC(C)(C)Sc1ccncc1.CC(C)Oc1ccncc1.CC(C)Sc1cccnc1.Cc1cccnc1SC(C)(C)C. The highest BCUT2D eigenvalue weighted by atomic mass is 32.2. The fourth-order valence-electron chi connectivity index (χ4n) is 5.21. The summed E-state index contributed by atoms with van der Waals surface area (Å²) >= 11 is 7.30. The molecule has 0 aliphatic heterocycles. The van der Waals surface area contributed by atoms with Gasteiger partial charge in [0.1, 0.15) is 22.7 Å². The Bertz CT molecular complexity index is 2230. The zero-order chi connectivity index (χ0) is 57.3. The molecule has 414 valence electrons. The molecule has 0 fully saturated rings. The van der Waals surface area contributed by atoms with Crippen LogP contribution in [0, 0.1) is 6.92 Å². The van der Waals surface area contributed by atoms with Crippen molar-refractivity contribution in [2.75, 3.05) is 0 Å². The fourth-order valence-corrected chi connectivity index (χ4v) is 8.81. The Morgan fingerprint density at radius 3 is 1.36 bits per heavy atom. The van der Waals surface area contributed by atoms with Crippen molar-refractivity contribution in [1.29, 1.82) is 0 Å². The van der Waals surface area contributed by atoms with Crippen molar-refractivity contribution in [2.24, 2.45) is 0 Å². The maximum absolute atomic E-state index is 5.54. The van der Waals surface area contributed by atoms with E-state index in [0.29, 0.717) is 15.9 Å². The van der Waals surface area contributed by atoms with Gasteiger partial charge in [-0.2, -0.15) is 0 Å². The van der Waals surface area contributed by atoms with Gasteiger partial charge in [-0.3, -0.25) is 19.9 Å². The molecule has 0 spiro atoms. The summed E-state index contributed by atoms with van der Waals surface area (Å²) in [6.07, 6.45) is 19.9. The molecule has 0 saturated carbocycles. The first-order valence-corrected chi connectivity index (χ1v) is 28.8. The molecule has 14 heteroatoms. The molecule has 0 aliphatic carbocycles. The molecule has 0 unspecified atom stereocenters. The molecule has 7 aromatic rings. The second-order valence-electron chi connectivity index (χ2n) is 22.1. The highest BCUT2D eigenvalue weighted by Crippen LogP contribution is 2.33. The molecule has 7 heterocycles. The van der Waals surface area contributed by atoms with Gasteiger partial charge in [-0.25, -0.2) is 15.0 Å². The maximum atomic E-state index is 5.54. The molecule has 7 rings (SSSR count). The molecule has 76 heavy (non-hydrogen) atoms. The summed E-state index contributed by atoms with van der Waals surface area (Å²) in [5.41, 5.74) is 0.967. The molecular formula is C62H89N7O3S4. The van der Waals surface area contributed by atoms with E-state index >= 15 is 0 Å². The maximum Gasteiger partial charge on any atom is 0.213 e. The minimum absolute atomic E-state index is 0.136. The van der Waals surface area contributed by atoms with Crippen LogP contribution in [0.3, 0.4) is 0 Å². The summed E-state index contributed by atoms with van der Waals surface area (Å²) in [5.74, 6) is 2.38. The largest absolute Gasteiger partial charge is 0.491 e. The van der Waals surface area contributed by atoms with E-state index in [1.807, 2.05) is 207 Å². The first-order valence-electron chi connectivity index (χ1n) is 25.5. The predicted octanol–water partition coefficient (Wildman–Crippen LogP) is 18.2. The van der Waals surface area contributed by atoms with Crippen molar-refractivity contribution < 1.29 is 14.2 Å². The molecule has 0 bridgehead atoms. The third kappa shape index (κ3) is 42.0. The van der Waals surface area contributed by atoms with E-state index in [1.165, 1.54) is 15.4 Å². The number of hydrogen-bond acceptors (Lipinski definition) is 14. The van der Waals surface area contributed by atoms with E-state index in [2.05, 4.69) is 130 Å². The summed E-state index contributed by atoms with van der Waals surface area (Å²) in [6.45, 7) is 42.3. The van der Waals surface area contributed by atoms with Gasteiger partial charge in [0.05, 0.1) is 22.4 Å². The van der Waals surface area contributed by atoms with Gasteiger partial charge in [-0.15, -0.1) is 47.0 Å². The van der Waals surface area contributed by atoms with Gasteiger partial charge in [0.25, 0.3) is 0 Å². The van der Waals surface area contributed by atoms with Crippen LogP contribution in [-0.4, -0.2) is 71.7 Å².